The van der Waals surface area contributed by atoms with Crippen LogP contribution in [0.2, 0.25) is 0 Å². The van der Waals surface area contributed by atoms with Gasteiger partial charge in [-0.3, -0.25) is 4.79 Å². The van der Waals surface area contributed by atoms with Crippen LogP contribution in [-0.4, -0.2) is 23.0 Å². The van der Waals surface area contributed by atoms with Crippen LogP contribution in [0, 0.1) is 0 Å². The normalized spacial score (nSPS) is 15.5. The number of nitrogens with zero attached hydrogens (tertiary/aromatic N) is 1. The maximum Gasteiger partial charge on any atom is 0.240 e. The van der Waals surface area contributed by atoms with Gasteiger partial charge in [0.2, 0.25) is 11.8 Å². The Bertz CT molecular complexity index is 740. The van der Waals surface area contributed by atoms with E-state index in [2.05, 4.69) is 10.3 Å². The van der Waals surface area contributed by atoms with Gasteiger partial charge in [0.25, 0.3) is 0 Å². The number of ether oxygens (including phenoxy) is 2. The van der Waals surface area contributed by atoms with E-state index in [1.165, 1.54) is 0 Å². The Kier molecular flexibility index (Phi) is 5.73. The lowest BCUT2D eigenvalue weighted by Crippen LogP contribution is -2.51. The minimum atomic E-state index is -0.709. The van der Waals surface area contributed by atoms with Crippen molar-refractivity contribution in [1.82, 2.24) is 10.3 Å². The Morgan fingerprint density at radius 1 is 1.19 bits per heavy atom. The van der Waals surface area contributed by atoms with Gasteiger partial charge in [0, 0.05) is 18.8 Å². The van der Waals surface area contributed by atoms with Gasteiger partial charge in [0.05, 0.1) is 12.1 Å². The summed E-state index contributed by atoms with van der Waals surface area (Å²) >= 11 is 0. The Balaban J connectivity index is 1.58. The number of benzene rings is 1. The lowest BCUT2D eigenvalue weighted by atomic mass is 9.98. The number of hydrogen-bond donors (Lipinski definition) is 2. The third-order valence-corrected chi connectivity index (χ3v) is 4.56. The van der Waals surface area contributed by atoms with Gasteiger partial charge in [-0.25, -0.2) is 4.98 Å². The number of amides is 1. The summed E-state index contributed by atoms with van der Waals surface area (Å²) in [7, 11) is 0. The van der Waals surface area contributed by atoms with Crippen LogP contribution in [0.3, 0.4) is 0 Å². The summed E-state index contributed by atoms with van der Waals surface area (Å²) in [6, 6.07) is 11.1. The van der Waals surface area contributed by atoms with Gasteiger partial charge in [-0.2, -0.15) is 0 Å². The van der Waals surface area contributed by atoms with Gasteiger partial charge < -0.3 is 20.5 Å². The highest BCUT2D eigenvalue weighted by molar-refractivity contribution is 5.86. The highest BCUT2D eigenvalue weighted by Crippen LogP contribution is 2.30. The third-order valence-electron chi connectivity index (χ3n) is 4.56. The summed E-state index contributed by atoms with van der Waals surface area (Å²) in [6.45, 7) is 2.89. The second kappa shape index (κ2) is 8.19. The van der Waals surface area contributed by atoms with Crippen molar-refractivity contribution in [3.8, 4) is 17.4 Å². The van der Waals surface area contributed by atoms with Crippen LogP contribution in [0.25, 0.3) is 0 Å². The molecule has 1 aliphatic carbocycles. The average Bonchev–Trinajstić information content (AvgIpc) is 3.11. The molecule has 26 heavy (non-hydrogen) atoms. The Labute approximate surface area is 153 Å². The van der Waals surface area contributed by atoms with E-state index in [-0.39, 0.29) is 5.91 Å². The zero-order chi connectivity index (χ0) is 18.4. The highest BCUT2D eigenvalue weighted by Gasteiger charge is 2.36. The van der Waals surface area contributed by atoms with Crippen molar-refractivity contribution in [3.05, 3.63) is 48.2 Å². The number of hydrogen-bond acceptors (Lipinski definition) is 5. The van der Waals surface area contributed by atoms with Crippen molar-refractivity contribution in [3.63, 3.8) is 0 Å². The summed E-state index contributed by atoms with van der Waals surface area (Å²) in [5.41, 5.74) is 6.34. The smallest absolute Gasteiger partial charge is 0.240 e. The van der Waals surface area contributed by atoms with Crippen molar-refractivity contribution in [2.24, 2.45) is 5.73 Å². The second-order valence-electron chi connectivity index (χ2n) is 6.53. The van der Waals surface area contributed by atoms with Gasteiger partial charge >= 0.3 is 0 Å². The van der Waals surface area contributed by atoms with Gasteiger partial charge in [0.15, 0.2) is 11.5 Å². The van der Waals surface area contributed by atoms with Crippen molar-refractivity contribution in [2.45, 2.75) is 44.7 Å². The maximum absolute atomic E-state index is 12.3. The first-order chi connectivity index (χ1) is 12.6. The van der Waals surface area contributed by atoms with Crippen LogP contribution < -0.4 is 20.5 Å². The summed E-state index contributed by atoms with van der Waals surface area (Å²) in [4.78, 5) is 16.6. The molecule has 0 aliphatic heterocycles. The summed E-state index contributed by atoms with van der Waals surface area (Å²) in [6.07, 6.45) is 5.23. The number of carbonyl (C=O) groups excluding carboxylic acids is 1. The van der Waals surface area contributed by atoms with Crippen LogP contribution >= 0.6 is 0 Å². The van der Waals surface area contributed by atoms with Crippen molar-refractivity contribution in [1.29, 1.82) is 0 Å². The molecule has 3 rings (SSSR count). The van der Waals surface area contributed by atoms with Crippen LogP contribution in [0.1, 0.15) is 38.2 Å². The van der Waals surface area contributed by atoms with E-state index < -0.39 is 5.54 Å². The topological polar surface area (TPSA) is 86.5 Å². The molecule has 0 atom stereocenters. The predicted molar refractivity (Wildman–Crippen MR) is 99.2 cm³/mol. The number of carbonyl (C=O) groups is 1. The van der Waals surface area contributed by atoms with E-state index >= 15 is 0 Å². The van der Waals surface area contributed by atoms with Gasteiger partial charge in [-0.1, -0.05) is 31.0 Å². The van der Waals surface area contributed by atoms with Crippen LogP contribution in [0.5, 0.6) is 17.4 Å². The molecule has 6 heteroatoms. The van der Waals surface area contributed by atoms with Crippen LogP contribution in [0.4, 0.5) is 0 Å². The van der Waals surface area contributed by atoms with E-state index in [1.54, 1.807) is 12.3 Å². The number of nitrogens with two attached hydrogens (primary N) is 1. The van der Waals surface area contributed by atoms with Crippen LogP contribution in [0.15, 0.2) is 42.6 Å². The standard InChI is InChI=1S/C20H25N3O3/c1-2-25-16-7-3-4-8-17(16)26-18-10-9-15(13-22-18)14-23-19(24)20(21)11-5-6-12-20/h3-4,7-10,13H,2,5-6,11-12,14,21H2,1H3,(H,23,24). The summed E-state index contributed by atoms with van der Waals surface area (Å²) in [5.74, 6) is 1.69. The molecule has 2 aromatic rings. The zero-order valence-electron chi connectivity index (χ0n) is 15.0. The van der Waals surface area contributed by atoms with Gasteiger partial charge in [0.1, 0.15) is 0 Å². The fraction of sp³-hybridized carbons (Fsp3) is 0.400. The molecule has 0 spiro atoms. The molecule has 1 aliphatic rings. The molecule has 1 aromatic carbocycles. The van der Waals surface area contributed by atoms with Gasteiger partial charge in [-0.05, 0) is 37.5 Å². The quantitative estimate of drug-likeness (QED) is 0.797. The molecule has 0 saturated heterocycles. The molecule has 1 aromatic heterocycles. The number of para-hydroxylation sites is 2. The third kappa shape index (κ3) is 4.32. The number of pyridine rings is 1. The van der Waals surface area contributed by atoms with Crippen molar-refractivity contribution < 1.29 is 14.3 Å². The van der Waals surface area contributed by atoms with Crippen molar-refractivity contribution >= 4 is 5.91 Å². The van der Waals surface area contributed by atoms with Crippen LogP contribution in [-0.2, 0) is 11.3 Å². The predicted octanol–water partition coefficient (Wildman–Crippen LogP) is 3.16. The maximum atomic E-state index is 12.3. The molecule has 6 nitrogen and oxygen atoms in total. The second-order valence-corrected chi connectivity index (χ2v) is 6.53. The monoisotopic (exact) mass is 355 g/mol. The molecule has 1 saturated carbocycles. The highest BCUT2D eigenvalue weighted by atomic mass is 16.5. The zero-order valence-corrected chi connectivity index (χ0v) is 15.0. The molecule has 1 fully saturated rings. The Morgan fingerprint density at radius 2 is 1.92 bits per heavy atom. The first-order valence-electron chi connectivity index (χ1n) is 9.02. The fourth-order valence-corrected chi connectivity index (χ4v) is 3.09. The largest absolute Gasteiger partial charge is 0.490 e. The number of nitrogens with one attached hydrogen (secondary N) is 1. The van der Waals surface area contributed by atoms with E-state index in [0.717, 1.165) is 31.2 Å². The summed E-state index contributed by atoms with van der Waals surface area (Å²) < 4.78 is 11.3. The number of aromatic nitrogens is 1. The SMILES string of the molecule is CCOc1ccccc1Oc1ccc(CNC(=O)C2(N)CCCC2)cn1. The first kappa shape index (κ1) is 18.2. The van der Waals surface area contributed by atoms with E-state index in [9.17, 15) is 4.79 Å². The lowest BCUT2D eigenvalue weighted by molar-refractivity contribution is -0.126. The molecule has 1 heterocycles. The van der Waals surface area contributed by atoms with E-state index in [1.807, 2.05) is 37.3 Å². The first-order valence-corrected chi connectivity index (χ1v) is 9.02. The Hall–Kier alpha value is -2.60. The molecule has 1 amide bonds. The number of rotatable bonds is 7. The van der Waals surface area contributed by atoms with Gasteiger partial charge in [-0.15, -0.1) is 0 Å². The fourth-order valence-electron chi connectivity index (χ4n) is 3.09. The van der Waals surface area contributed by atoms with E-state index in [4.69, 9.17) is 15.2 Å². The molecule has 3 N–H and O–H groups in total. The molecule has 138 valence electrons. The molecular weight excluding hydrogens is 330 g/mol. The van der Waals surface area contributed by atoms with Crippen molar-refractivity contribution in [2.75, 3.05) is 6.61 Å². The average molecular weight is 355 g/mol. The minimum Gasteiger partial charge on any atom is -0.490 e. The molecule has 0 unspecified atom stereocenters. The molecule has 0 radical (unpaired) electrons. The summed E-state index contributed by atoms with van der Waals surface area (Å²) in [5, 5.41) is 2.91. The minimum absolute atomic E-state index is 0.0824. The lowest BCUT2D eigenvalue weighted by Gasteiger charge is -2.22. The molecule has 0 bridgehead atoms. The Morgan fingerprint density at radius 3 is 2.58 bits per heavy atom. The molecular formula is C20H25N3O3. The van der Waals surface area contributed by atoms with E-state index in [0.29, 0.717) is 30.5 Å².